The van der Waals surface area contributed by atoms with Gasteiger partial charge in [0, 0.05) is 6.07 Å². The number of esters is 1. The van der Waals surface area contributed by atoms with Gasteiger partial charge in [-0.3, -0.25) is 25.0 Å². The summed E-state index contributed by atoms with van der Waals surface area (Å²) >= 11 is 0. The van der Waals surface area contributed by atoms with E-state index in [9.17, 15) is 25.0 Å². The van der Waals surface area contributed by atoms with Gasteiger partial charge in [0.1, 0.15) is 5.25 Å². The number of benzene rings is 1. The zero-order chi connectivity index (χ0) is 15.3. The van der Waals surface area contributed by atoms with Crippen LogP contribution in [-0.2, 0) is 9.53 Å². The number of rotatable bonds is 6. The average molecular weight is 318 g/mol. The van der Waals surface area contributed by atoms with Gasteiger partial charge >= 0.3 is 5.97 Å². The Labute approximate surface area is 121 Å². The van der Waals surface area contributed by atoms with Gasteiger partial charge in [-0.1, -0.05) is 10.8 Å². The number of non-ortho nitro benzene ring substituents is 1. The van der Waals surface area contributed by atoms with Gasteiger partial charge < -0.3 is 4.74 Å². The first-order valence-electron chi connectivity index (χ1n) is 5.20. The topological polar surface area (TPSA) is 113 Å². The molecule has 0 aromatic heterocycles. The first kappa shape index (κ1) is 16.2. The summed E-state index contributed by atoms with van der Waals surface area (Å²) in [6, 6.07) is 3.36. The van der Waals surface area contributed by atoms with Gasteiger partial charge in [-0.15, -0.1) is 0 Å². The maximum atomic E-state index is 11.2. The number of carbonyl (C=O) groups is 1. The summed E-state index contributed by atoms with van der Waals surface area (Å²) in [6.07, 6.45) is 0. The minimum atomic E-state index is -0.703. The fraction of sp³-hybridized carbons (Fsp3) is 0.300. The van der Waals surface area contributed by atoms with Crippen LogP contribution in [0, 0.1) is 20.2 Å². The molecule has 0 spiro atoms. The highest BCUT2D eigenvalue weighted by Crippen LogP contribution is 2.41. The van der Waals surface area contributed by atoms with E-state index < -0.39 is 21.1 Å². The lowest BCUT2D eigenvalue weighted by molar-refractivity contribution is -0.396. The molecule has 0 aliphatic carbocycles. The first-order valence-corrected chi connectivity index (χ1v) is 7.42. The van der Waals surface area contributed by atoms with Crippen LogP contribution in [0.4, 0.5) is 11.4 Å². The van der Waals surface area contributed by atoms with Crippen molar-refractivity contribution in [3.05, 3.63) is 38.4 Å². The number of nitro benzene ring substituents is 2. The van der Waals surface area contributed by atoms with Crippen molar-refractivity contribution in [3.63, 3.8) is 0 Å². The SMILES string of the molecule is COC(=O)[C@@H](C)SSc1ccc([N+](=O)[O-])cc1[N+](=O)[O-]. The second-order valence-electron chi connectivity index (χ2n) is 3.51. The first-order chi connectivity index (χ1) is 9.36. The lowest BCUT2D eigenvalue weighted by Crippen LogP contribution is -2.13. The van der Waals surface area contributed by atoms with Crippen molar-refractivity contribution in [3.8, 4) is 0 Å². The molecule has 0 fully saturated rings. The molecule has 10 heteroatoms. The minimum absolute atomic E-state index is 0.237. The summed E-state index contributed by atoms with van der Waals surface area (Å²) in [4.78, 5) is 31.5. The van der Waals surface area contributed by atoms with E-state index in [0.29, 0.717) is 0 Å². The van der Waals surface area contributed by atoms with Crippen molar-refractivity contribution < 1.29 is 19.4 Å². The average Bonchev–Trinajstić information content (AvgIpc) is 2.43. The predicted octanol–water partition coefficient (Wildman–Crippen LogP) is 2.80. The fourth-order valence-electron chi connectivity index (χ4n) is 1.16. The third-order valence-electron chi connectivity index (χ3n) is 2.17. The van der Waals surface area contributed by atoms with Crippen LogP contribution < -0.4 is 0 Å². The molecule has 8 nitrogen and oxygen atoms in total. The highest BCUT2D eigenvalue weighted by Gasteiger charge is 2.22. The molecule has 20 heavy (non-hydrogen) atoms. The molecular weight excluding hydrogens is 308 g/mol. The van der Waals surface area contributed by atoms with Crippen LogP contribution in [-0.4, -0.2) is 28.2 Å². The monoisotopic (exact) mass is 318 g/mol. The summed E-state index contributed by atoms with van der Waals surface area (Å²) < 4.78 is 4.53. The Morgan fingerprint density at radius 3 is 2.45 bits per heavy atom. The second-order valence-corrected chi connectivity index (χ2v) is 6.09. The van der Waals surface area contributed by atoms with E-state index in [0.717, 1.165) is 27.7 Å². The van der Waals surface area contributed by atoms with Crippen molar-refractivity contribution in [2.24, 2.45) is 0 Å². The van der Waals surface area contributed by atoms with E-state index in [1.807, 2.05) is 0 Å². The molecule has 1 atom stereocenters. The molecular formula is C10H10N2O6S2. The van der Waals surface area contributed by atoms with Gasteiger partial charge in [0.25, 0.3) is 11.4 Å². The molecule has 1 aromatic rings. The highest BCUT2D eigenvalue weighted by atomic mass is 33.1. The van der Waals surface area contributed by atoms with Crippen LogP contribution in [0.25, 0.3) is 0 Å². The zero-order valence-electron chi connectivity index (χ0n) is 10.5. The van der Waals surface area contributed by atoms with Crippen molar-refractivity contribution in [1.29, 1.82) is 0 Å². The lowest BCUT2D eigenvalue weighted by Gasteiger charge is -2.07. The summed E-state index contributed by atoms with van der Waals surface area (Å²) in [5, 5.41) is 21.0. The summed E-state index contributed by atoms with van der Waals surface area (Å²) in [5.74, 6) is -0.452. The van der Waals surface area contributed by atoms with E-state index in [1.165, 1.54) is 19.2 Å². The van der Waals surface area contributed by atoms with Gasteiger partial charge in [-0.2, -0.15) is 0 Å². The van der Waals surface area contributed by atoms with Crippen LogP contribution in [0.5, 0.6) is 0 Å². The third kappa shape index (κ3) is 4.10. The Bertz CT molecular complexity index is 551. The third-order valence-corrected chi connectivity index (χ3v) is 4.96. The summed E-state index contributed by atoms with van der Waals surface area (Å²) in [7, 11) is 3.32. The van der Waals surface area contributed by atoms with Crippen molar-refractivity contribution >= 4 is 38.9 Å². The summed E-state index contributed by atoms with van der Waals surface area (Å²) in [6.45, 7) is 1.60. The van der Waals surface area contributed by atoms with Crippen LogP contribution in [0.3, 0.4) is 0 Å². The normalized spacial score (nSPS) is 11.7. The molecule has 0 saturated heterocycles. The Hall–Kier alpha value is -1.81. The van der Waals surface area contributed by atoms with Crippen molar-refractivity contribution in [2.45, 2.75) is 17.1 Å². The van der Waals surface area contributed by atoms with Crippen LogP contribution in [0.15, 0.2) is 23.1 Å². The zero-order valence-corrected chi connectivity index (χ0v) is 12.1. The fourth-order valence-corrected chi connectivity index (χ4v) is 3.33. The van der Waals surface area contributed by atoms with Crippen LogP contribution >= 0.6 is 21.6 Å². The molecule has 0 bridgehead atoms. The molecule has 0 radical (unpaired) electrons. The van der Waals surface area contributed by atoms with Crippen LogP contribution in [0.1, 0.15) is 6.92 Å². The van der Waals surface area contributed by atoms with Gasteiger partial charge in [-0.25, -0.2) is 0 Å². The number of carbonyl (C=O) groups excluding carboxylic acids is 1. The van der Waals surface area contributed by atoms with E-state index in [4.69, 9.17) is 0 Å². The van der Waals surface area contributed by atoms with Crippen molar-refractivity contribution in [2.75, 3.05) is 7.11 Å². The molecule has 108 valence electrons. The number of nitrogens with zero attached hydrogens (tertiary/aromatic N) is 2. The Kier molecular flexibility index (Phi) is 5.77. The molecule has 1 aromatic carbocycles. The molecule has 0 heterocycles. The van der Waals surface area contributed by atoms with Crippen molar-refractivity contribution in [1.82, 2.24) is 0 Å². The molecule has 0 aliphatic heterocycles. The quantitative estimate of drug-likeness (QED) is 0.340. The Morgan fingerprint density at radius 1 is 1.30 bits per heavy atom. The molecule has 0 N–H and O–H groups in total. The number of methoxy groups -OCH3 is 1. The Balaban J connectivity index is 2.92. The highest BCUT2D eigenvalue weighted by molar-refractivity contribution is 8.77. The largest absolute Gasteiger partial charge is 0.468 e. The van der Waals surface area contributed by atoms with E-state index in [2.05, 4.69) is 4.74 Å². The number of hydrogen-bond donors (Lipinski definition) is 0. The maximum Gasteiger partial charge on any atom is 0.319 e. The van der Waals surface area contributed by atoms with Crippen LogP contribution in [0.2, 0.25) is 0 Å². The van der Waals surface area contributed by atoms with Gasteiger partial charge in [0.2, 0.25) is 0 Å². The van der Waals surface area contributed by atoms with E-state index >= 15 is 0 Å². The number of hydrogen-bond acceptors (Lipinski definition) is 8. The summed E-state index contributed by atoms with van der Waals surface area (Å²) in [5.41, 5.74) is -0.721. The molecule has 0 unspecified atom stereocenters. The molecule has 0 amide bonds. The molecule has 0 aliphatic rings. The number of nitro groups is 2. The maximum absolute atomic E-state index is 11.2. The smallest absolute Gasteiger partial charge is 0.319 e. The minimum Gasteiger partial charge on any atom is -0.468 e. The van der Waals surface area contributed by atoms with E-state index in [-0.39, 0.29) is 16.3 Å². The van der Waals surface area contributed by atoms with E-state index in [1.54, 1.807) is 6.92 Å². The van der Waals surface area contributed by atoms with Gasteiger partial charge in [-0.05, 0) is 23.8 Å². The second kappa shape index (κ2) is 7.10. The standard InChI is InChI=1S/C10H10N2O6S2/c1-6(10(13)18-2)19-20-9-4-3-7(11(14)15)5-8(9)12(16)17/h3-6H,1-2H3/t6-/m1/s1. The van der Waals surface area contributed by atoms with Gasteiger partial charge in [0.05, 0.1) is 27.9 Å². The molecule has 1 rings (SSSR count). The Morgan fingerprint density at radius 2 is 1.95 bits per heavy atom. The predicted molar refractivity (Wildman–Crippen MR) is 74.7 cm³/mol. The molecule has 0 saturated carbocycles. The lowest BCUT2D eigenvalue weighted by atomic mass is 10.3. The van der Waals surface area contributed by atoms with Gasteiger partial charge in [0.15, 0.2) is 0 Å². The number of ether oxygens (including phenoxy) is 1.